The Hall–Kier alpha value is -1.46. The SMILES string of the molecule is COC[C@H]1[C@H](NC(=O)Cc2ccccn2)[C@H]2CCO[C@H]21. The first kappa shape index (κ1) is 13.5. The number of hydrogen-bond acceptors (Lipinski definition) is 4. The molecule has 1 saturated carbocycles. The van der Waals surface area contributed by atoms with Crippen molar-refractivity contribution in [1.82, 2.24) is 10.3 Å². The van der Waals surface area contributed by atoms with Gasteiger partial charge in [-0.2, -0.15) is 0 Å². The van der Waals surface area contributed by atoms with Crippen molar-refractivity contribution in [3.05, 3.63) is 30.1 Å². The van der Waals surface area contributed by atoms with Crippen LogP contribution in [0.5, 0.6) is 0 Å². The third-order valence-electron chi connectivity index (χ3n) is 4.28. The largest absolute Gasteiger partial charge is 0.384 e. The van der Waals surface area contributed by atoms with Gasteiger partial charge in [0, 0.05) is 43.5 Å². The van der Waals surface area contributed by atoms with Crippen LogP contribution in [0, 0.1) is 11.8 Å². The van der Waals surface area contributed by atoms with Gasteiger partial charge in [0.15, 0.2) is 0 Å². The highest BCUT2D eigenvalue weighted by Crippen LogP contribution is 2.43. The molecular weight excluding hydrogens is 256 g/mol. The number of fused-ring (bicyclic) bond motifs is 1. The Balaban J connectivity index is 1.57. The van der Waals surface area contributed by atoms with Gasteiger partial charge in [-0.05, 0) is 18.6 Å². The summed E-state index contributed by atoms with van der Waals surface area (Å²) >= 11 is 0. The number of nitrogens with one attached hydrogen (secondary N) is 1. The summed E-state index contributed by atoms with van der Waals surface area (Å²) in [5, 5.41) is 3.13. The number of nitrogens with zero attached hydrogens (tertiary/aromatic N) is 1. The van der Waals surface area contributed by atoms with Crippen molar-refractivity contribution in [1.29, 1.82) is 0 Å². The van der Waals surface area contributed by atoms with Gasteiger partial charge in [0.25, 0.3) is 0 Å². The average molecular weight is 276 g/mol. The van der Waals surface area contributed by atoms with Crippen LogP contribution in [0.4, 0.5) is 0 Å². The van der Waals surface area contributed by atoms with Gasteiger partial charge in [-0.1, -0.05) is 6.07 Å². The van der Waals surface area contributed by atoms with Gasteiger partial charge >= 0.3 is 0 Å². The van der Waals surface area contributed by atoms with Crippen molar-refractivity contribution in [2.45, 2.75) is 25.0 Å². The molecule has 1 aliphatic heterocycles. The monoisotopic (exact) mass is 276 g/mol. The highest BCUT2D eigenvalue weighted by atomic mass is 16.5. The van der Waals surface area contributed by atoms with Crippen molar-refractivity contribution in [3.8, 4) is 0 Å². The zero-order valence-electron chi connectivity index (χ0n) is 11.6. The van der Waals surface area contributed by atoms with Gasteiger partial charge in [-0.25, -0.2) is 0 Å². The summed E-state index contributed by atoms with van der Waals surface area (Å²) in [5.41, 5.74) is 0.798. The number of hydrogen-bond donors (Lipinski definition) is 1. The van der Waals surface area contributed by atoms with Crippen LogP contribution in [0.2, 0.25) is 0 Å². The number of ether oxygens (including phenoxy) is 2. The molecule has 1 amide bonds. The van der Waals surface area contributed by atoms with Crippen LogP contribution in [-0.4, -0.2) is 43.4 Å². The van der Waals surface area contributed by atoms with E-state index in [-0.39, 0.29) is 24.0 Å². The van der Waals surface area contributed by atoms with E-state index >= 15 is 0 Å². The highest BCUT2D eigenvalue weighted by molar-refractivity contribution is 5.78. The van der Waals surface area contributed by atoms with Crippen LogP contribution in [0.3, 0.4) is 0 Å². The summed E-state index contributed by atoms with van der Waals surface area (Å²) < 4.78 is 10.9. The van der Waals surface area contributed by atoms with Gasteiger partial charge in [-0.3, -0.25) is 9.78 Å². The molecule has 2 aliphatic rings. The quantitative estimate of drug-likeness (QED) is 0.864. The predicted octanol–water partition coefficient (Wildman–Crippen LogP) is 0.790. The van der Waals surface area contributed by atoms with E-state index in [4.69, 9.17) is 9.47 Å². The second-order valence-electron chi connectivity index (χ2n) is 5.50. The zero-order chi connectivity index (χ0) is 13.9. The van der Waals surface area contributed by atoms with Crippen LogP contribution in [0.1, 0.15) is 12.1 Å². The smallest absolute Gasteiger partial charge is 0.226 e. The Bertz CT molecular complexity index is 465. The Labute approximate surface area is 118 Å². The Morgan fingerprint density at radius 2 is 2.45 bits per heavy atom. The average Bonchev–Trinajstić information content (AvgIpc) is 2.88. The highest BCUT2D eigenvalue weighted by Gasteiger charge is 2.54. The summed E-state index contributed by atoms with van der Waals surface area (Å²) in [6.07, 6.45) is 3.32. The fourth-order valence-corrected chi connectivity index (χ4v) is 3.34. The van der Waals surface area contributed by atoms with Crippen molar-refractivity contribution >= 4 is 5.91 Å². The minimum atomic E-state index is 0.0279. The summed E-state index contributed by atoms with van der Waals surface area (Å²) in [6, 6.07) is 5.79. The lowest BCUT2D eigenvalue weighted by Gasteiger charge is -2.47. The second-order valence-corrected chi connectivity index (χ2v) is 5.50. The van der Waals surface area contributed by atoms with E-state index in [1.165, 1.54) is 0 Å². The summed E-state index contributed by atoms with van der Waals surface area (Å²) in [7, 11) is 1.69. The molecule has 5 nitrogen and oxygen atoms in total. The van der Waals surface area contributed by atoms with E-state index in [0.717, 1.165) is 18.7 Å². The molecule has 1 saturated heterocycles. The van der Waals surface area contributed by atoms with Gasteiger partial charge in [0.1, 0.15) is 0 Å². The van der Waals surface area contributed by atoms with E-state index in [1.54, 1.807) is 13.3 Å². The van der Waals surface area contributed by atoms with Gasteiger partial charge < -0.3 is 14.8 Å². The molecule has 1 aromatic heterocycles. The first-order chi connectivity index (χ1) is 9.79. The number of rotatable bonds is 5. The third-order valence-corrected chi connectivity index (χ3v) is 4.28. The minimum Gasteiger partial charge on any atom is -0.384 e. The molecule has 3 rings (SSSR count). The van der Waals surface area contributed by atoms with Crippen LogP contribution in [0.15, 0.2) is 24.4 Å². The number of carbonyl (C=O) groups is 1. The Morgan fingerprint density at radius 1 is 1.55 bits per heavy atom. The van der Waals surface area contributed by atoms with E-state index in [9.17, 15) is 4.79 Å². The number of amides is 1. The molecule has 20 heavy (non-hydrogen) atoms. The molecule has 0 spiro atoms. The maximum Gasteiger partial charge on any atom is 0.226 e. The fraction of sp³-hybridized carbons (Fsp3) is 0.600. The molecule has 108 valence electrons. The van der Waals surface area contributed by atoms with Gasteiger partial charge in [-0.15, -0.1) is 0 Å². The number of pyridine rings is 1. The molecule has 0 aromatic carbocycles. The molecule has 2 heterocycles. The van der Waals surface area contributed by atoms with Gasteiger partial charge in [0.05, 0.1) is 19.1 Å². The topological polar surface area (TPSA) is 60.5 Å². The molecule has 0 bridgehead atoms. The Kier molecular flexibility index (Phi) is 3.98. The summed E-state index contributed by atoms with van der Waals surface area (Å²) in [5.74, 6) is 0.753. The summed E-state index contributed by atoms with van der Waals surface area (Å²) in [4.78, 5) is 16.3. The van der Waals surface area contributed by atoms with E-state index < -0.39 is 0 Å². The lowest BCUT2D eigenvalue weighted by molar-refractivity contribution is -0.129. The maximum atomic E-state index is 12.1. The predicted molar refractivity (Wildman–Crippen MR) is 73.1 cm³/mol. The summed E-state index contributed by atoms with van der Waals surface area (Å²) in [6.45, 7) is 1.43. The number of carbonyl (C=O) groups excluding carboxylic acids is 1. The minimum absolute atomic E-state index is 0.0279. The standard InChI is InChI=1S/C15H20N2O3/c1-19-9-12-14(11-5-7-20-15(11)12)17-13(18)8-10-4-2-3-6-16-10/h2-4,6,11-12,14-15H,5,7-9H2,1H3,(H,17,18)/t11-,12+,14-,15-/m1/s1. The molecule has 1 aromatic rings. The van der Waals surface area contributed by atoms with Crippen LogP contribution < -0.4 is 5.32 Å². The van der Waals surface area contributed by atoms with Crippen molar-refractivity contribution in [2.24, 2.45) is 11.8 Å². The van der Waals surface area contributed by atoms with Crippen molar-refractivity contribution in [3.63, 3.8) is 0 Å². The normalized spacial score (nSPS) is 31.4. The Morgan fingerprint density at radius 3 is 3.20 bits per heavy atom. The molecule has 4 atom stereocenters. The van der Waals surface area contributed by atoms with Crippen molar-refractivity contribution in [2.75, 3.05) is 20.3 Å². The van der Waals surface area contributed by atoms with Gasteiger partial charge in [0.2, 0.25) is 5.91 Å². The zero-order valence-corrected chi connectivity index (χ0v) is 11.6. The van der Waals surface area contributed by atoms with E-state index in [2.05, 4.69) is 10.3 Å². The molecular formula is C15H20N2O3. The molecule has 2 fully saturated rings. The third kappa shape index (κ3) is 2.55. The lowest BCUT2D eigenvalue weighted by atomic mass is 9.67. The fourth-order valence-electron chi connectivity index (χ4n) is 3.34. The van der Waals surface area contributed by atoms with Crippen LogP contribution in [0.25, 0.3) is 0 Å². The maximum absolute atomic E-state index is 12.1. The van der Waals surface area contributed by atoms with Crippen LogP contribution in [-0.2, 0) is 20.7 Å². The molecule has 1 N–H and O–H groups in total. The van der Waals surface area contributed by atoms with Crippen LogP contribution >= 0.6 is 0 Å². The molecule has 0 unspecified atom stereocenters. The van der Waals surface area contributed by atoms with E-state index in [0.29, 0.717) is 18.9 Å². The van der Waals surface area contributed by atoms with Crippen molar-refractivity contribution < 1.29 is 14.3 Å². The molecule has 0 radical (unpaired) electrons. The second kappa shape index (κ2) is 5.89. The lowest BCUT2D eigenvalue weighted by Crippen LogP contribution is -2.63. The number of methoxy groups -OCH3 is 1. The number of aromatic nitrogens is 1. The molecule has 5 heteroatoms. The van der Waals surface area contributed by atoms with E-state index in [1.807, 2.05) is 18.2 Å². The first-order valence-electron chi connectivity index (χ1n) is 7.09. The molecule has 1 aliphatic carbocycles. The first-order valence-corrected chi connectivity index (χ1v) is 7.09.